The zero-order valence-corrected chi connectivity index (χ0v) is 14.1. The minimum absolute atomic E-state index is 0.314. The maximum Gasteiger partial charge on any atom is 0.142 e. The Morgan fingerprint density at radius 2 is 1.81 bits per heavy atom. The molecule has 0 aliphatic rings. The first-order valence-electron chi connectivity index (χ1n) is 7.59. The molecule has 1 aromatic carbocycles. The Morgan fingerprint density at radius 1 is 1.05 bits per heavy atom. The Morgan fingerprint density at radius 3 is 2.43 bits per heavy atom. The van der Waals surface area contributed by atoms with Crippen LogP contribution in [0.3, 0.4) is 0 Å². The fraction of sp³-hybridized carbons (Fsp3) is 0.444. The lowest BCUT2D eigenvalue weighted by atomic mass is 10.0. The van der Waals surface area contributed by atoms with E-state index in [9.17, 15) is 0 Å². The highest BCUT2D eigenvalue weighted by Gasteiger charge is 2.18. The summed E-state index contributed by atoms with van der Waals surface area (Å²) in [7, 11) is 0. The van der Waals surface area contributed by atoms with Crippen molar-refractivity contribution in [2.75, 3.05) is 11.9 Å². The van der Waals surface area contributed by atoms with Crippen molar-refractivity contribution in [1.29, 1.82) is 0 Å². The summed E-state index contributed by atoms with van der Waals surface area (Å²) >= 11 is 1.80. The number of nitrogens with one attached hydrogen (secondary N) is 1. The minimum Gasteiger partial charge on any atom is -0.491 e. The van der Waals surface area contributed by atoms with Gasteiger partial charge in [-0.3, -0.25) is 0 Å². The number of hydrogen-bond donors (Lipinski definition) is 1. The number of benzene rings is 1. The van der Waals surface area contributed by atoms with Gasteiger partial charge in [-0.05, 0) is 35.4 Å². The van der Waals surface area contributed by atoms with Gasteiger partial charge in [0.25, 0.3) is 0 Å². The van der Waals surface area contributed by atoms with Crippen LogP contribution in [0.1, 0.15) is 38.6 Å². The van der Waals surface area contributed by atoms with E-state index in [-0.39, 0.29) is 0 Å². The molecule has 2 nitrogen and oxygen atoms in total. The first-order chi connectivity index (χ1) is 10.1. The van der Waals surface area contributed by atoms with Crippen molar-refractivity contribution in [1.82, 2.24) is 0 Å². The van der Waals surface area contributed by atoms with Gasteiger partial charge in [0.15, 0.2) is 0 Å². The lowest BCUT2D eigenvalue weighted by Gasteiger charge is -2.24. The normalized spacial score (nSPS) is 12.7. The molecule has 0 amide bonds. The minimum atomic E-state index is 0.314. The standard InChI is InChI=1S/C18H25NOS/c1-13(2)12-20-16-9-6-5-8-15(16)19-18(14(3)4)17-10-7-11-21-17/h5-11,13-14,18-19H,12H2,1-4H3. The summed E-state index contributed by atoms with van der Waals surface area (Å²) < 4.78 is 5.94. The molecule has 114 valence electrons. The van der Waals surface area contributed by atoms with Gasteiger partial charge >= 0.3 is 0 Å². The van der Waals surface area contributed by atoms with E-state index >= 15 is 0 Å². The summed E-state index contributed by atoms with van der Waals surface area (Å²) in [6, 6.07) is 12.8. The smallest absolute Gasteiger partial charge is 0.142 e. The molecule has 1 unspecified atom stereocenters. The molecule has 1 aromatic heterocycles. The second kappa shape index (κ2) is 7.51. The highest BCUT2D eigenvalue weighted by atomic mass is 32.1. The van der Waals surface area contributed by atoms with Gasteiger partial charge in [0.1, 0.15) is 5.75 Å². The third-order valence-electron chi connectivity index (χ3n) is 3.29. The van der Waals surface area contributed by atoms with E-state index < -0.39 is 0 Å². The van der Waals surface area contributed by atoms with E-state index in [1.54, 1.807) is 11.3 Å². The van der Waals surface area contributed by atoms with Gasteiger partial charge in [-0.1, -0.05) is 45.9 Å². The van der Waals surface area contributed by atoms with Gasteiger partial charge in [0.05, 0.1) is 18.3 Å². The molecule has 0 aliphatic carbocycles. The van der Waals surface area contributed by atoms with E-state index in [1.807, 2.05) is 12.1 Å². The van der Waals surface area contributed by atoms with Crippen LogP contribution >= 0.6 is 11.3 Å². The highest BCUT2D eigenvalue weighted by Crippen LogP contribution is 2.33. The molecule has 1 N–H and O–H groups in total. The predicted molar refractivity (Wildman–Crippen MR) is 92.3 cm³/mol. The molecule has 1 heterocycles. The summed E-state index contributed by atoms with van der Waals surface area (Å²) in [5.41, 5.74) is 1.07. The number of thiophene rings is 1. The third-order valence-corrected chi connectivity index (χ3v) is 4.24. The van der Waals surface area contributed by atoms with Gasteiger partial charge in [0, 0.05) is 4.88 Å². The maximum atomic E-state index is 5.94. The molecule has 0 fully saturated rings. The molecule has 0 spiro atoms. The SMILES string of the molecule is CC(C)COc1ccccc1NC(c1cccs1)C(C)C. The first kappa shape index (κ1) is 15.9. The fourth-order valence-corrected chi connectivity index (χ4v) is 3.12. The number of para-hydroxylation sites is 2. The van der Waals surface area contributed by atoms with Gasteiger partial charge in [-0.2, -0.15) is 0 Å². The van der Waals surface area contributed by atoms with Gasteiger partial charge in [-0.25, -0.2) is 0 Å². The highest BCUT2D eigenvalue weighted by molar-refractivity contribution is 7.10. The van der Waals surface area contributed by atoms with E-state index in [4.69, 9.17) is 4.74 Å². The number of hydrogen-bond acceptors (Lipinski definition) is 3. The van der Waals surface area contributed by atoms with Crippen LogP contribution in [0.4, 0.5) is 5.69 Å². The lowest BCUT2D eigenvalue weighted by Crippen LogP contribution is -2.16. The number of anilines is 1. The predicted octanol–water partition coefficient (Wildman–Crippen LogP) is 5.59. The second-order valence-corrected chi connectivity index (χ2v) is 7.06. The molecule has 2 rings (SSSR count). The van der Waals surface area contributed by atoms with Gasteiger partial charge < -0.3 is 10.1 Å². The fourth-order valence-electron chi connectivity index (χ4n) is 2.17. The molecule has 0 bridgehead atoms. The Labute approximate surface area is 132 Å². The van der Waals surface area contributed by atoms with Gasteiger partial charge in [-0.15, -0.1) is 11.3 Å². The maximum absolute atomic E-state index is 5.94. The molecule has 0 saturated heterocycles. The van der Waals surface area contributed by atoms with Crippen LogP contribution in [0.2, 0.25) is 0 Å². The van der Waals surface area contributed by atoms with E-state index in [2.05, 4.69) is 62.7 Å². The van der Waals surface area contributed by atoms with Crippen molar-refractivity contribution >= 4 is 17.0 Å². The van der Waals surface area contributed by atoms with Crippen LogP contribution in [-0.2, 0) is 0 Å². The van der Waals surface area contributed by atoms with Gasteiger partial charge in [0.2, 0.25) is 0 Å². The van der Waals surface area contributed by atoms with Crippen LogP contribution in [0.25, 0.3) is 0 Å². The summed E-state index contributed by atoms with van der Waals surface area (Å²) in [5.74, 6) is 1.98. The van der Waals surface area contributed by atoms with Crippen LogP contribution in [0, 0.1) is 11.8 Å². The summed E-state index contributed by atoms with van der Waals surface area (Å²) in [6.45, 7) is 9.56. The molecule has 0 radical (unpaired) electrons. The van der Waals surface area contributed by atoms with Crippen LogP contribution in [0.5, 0.6) is 5.75 Å². The monoisotopic (exact) mass is 303 g/mol. The van der Waals surface area contributed by atoms with Crippen molar-refractivity contribution in [2.24, 2.45) is 11.8 Å². The molecule has 2 aromatic rings. The lowest BCUT2D eigenvalue weighted by molar-refractivity contribution is 0.272. The third kappa shape index (κ3) is 4.50. The van der Waals surface area contributed by atoms with Crippen LogP contribution in [-0.4, -0.2) is 6.61 Å². The Balaban J connectivity index is 2.17. The molecule has 0 saturated carbocycles. The zero-order chi connectivity index (χ0) is 15.2. The van der Waals surface area contributed by atoms with Crippen molar-refractivity contribution in [2.45, 2.75) is 33.7 Å². The average molecular weight is 303 g/mol. The average Bonchev–Trinajstić information content (AvgIpc) is 2.96. The quantitative estimate of drug-likeness (QED) is 0.719. The van der Waals surface area contributed by atoms with E-state index in [0.29, 0.717) is 17.9 Å². The van der Waals surface area contributed by atoms with Crippen molar-refractivity contribution in [3.8, 4) is 5.75 Å². The Bertz CT molecular complexity index is 534. The number of rotatable bonds is 7. The van der Waals surface area contributed by atoms with Crippen LogP contribution < -0.4 is 10.1 Å². The summed E-state index contributed by atoms with van der Waals surface area (Å²) in [6.07, 6.45) is 0. The molecular weight excluding hydrogens is 278 g/mol. The topological polar surface area (TPSA) is 21.3 Å². The summed E-state index contributed by atoms with van der Waals surface area (Å²) in [4.78, 5) is 1.36. The van der Waals surface area contributed by atoms with Crippen LogP contribution in [0.15, 0.2) is 41.8 Å². The first-order valence-corrected chi connectivity index (χ1v) is 8.47. The molecule has 1 atom stereocenters. The summed E-state index contributed by atoms with van der Waals surface area (Å²) in [5, 5.41) is 5.79. The molecule has 21 heavy (non-hydrogen) atoms. The molecular formula is C18H25NOS. The Hall–Kier alpha value is -1.48. The largest absolute Gasteiger partial charge is 0.491 e. The Kier molecular flexibility index (Phi) is 5.68. The van der Waals surface area contributed by atoms with Crippen molar-refractivity contribution < 1.29 is 4.74 Å². The number of ether oxygens (including phenoxy) is 1. The van der Waals surface area contributed by atoms with E-state index in [0.717, 1.165) is 18.0 Å². The second-order valence-electron chi connectivity index (χ2n) is 6.08. The molecule has 0 aliphatic heterocycles. The van der Waals surface area contributed by atoms with E-state index in [1.165, 1.54) is 4.88 Å². The zero-order valence-electron chi connectivity index (χ0n) is 13.3. The molecule has 3 heteroatoms. The van der Waals surface area contributed by atoms with Crippen molar-refractivity contribution in [3.05, 3.63) is 46.7 Å². The van der Waals surface area contributed by atoms with Crippen molar-refractivity contribution in [3.63, 3.8) is 0 Å².